The topological polar surface area (TPSA) is 0 Å². The van der Waals surface area contributed by atoms with Gasteiger partial charge in [0.1, 0.15) is 0 Å². The minimum Gasteiger partial charge on any atom is -0.135 e. The molecule has 12 aromatic rings. The maximum absolute atomic E-state index is 2.50. The van der Waals surface area contributed by atoms with Crippen molar-refractivity contribution in [2.75, 3.05) is 0 Å². The first-order valence-corrected chi connectivity index (χ1v) is 21.8. The summed E-state index contributed by atoms with van der Waals surface area (Å²) in [6.45, 7) is 4.81. The summed E-state index contributed by atoms with van der Waals surface area (Å²) in [5.74, 6) is 0. The number of benzene rings is 11. The third-order valence-electron chi connectivity index (χ3n) is 13.6. The van der Waals surface area contributed by atoms with Gasteiger partial charge in [-0.15, -0.1) is 11.3 Å². The number of thiophene rings is 1. The Bertz CT molecular complexity index is 3740. The molecule has 0 spiro atoms. The van der Waals surface area contributed by atoms with Crippen molar-refractivity contribution >= 4 is 85.4 Å². The summed E-state index contributed by atoms with van der Waals surface area (Å²) >= 11 is 1.91. The Morgan fingerprint density at radius 2 is 0.900 bits per heavy atom. The van der Waals surface area contributed by atoms with E-state index in [2.05, 4.69) is 208 Å². The van der Waals surface area contributed by atoms with Crippen molar-refractivity contribution < 1.29 is 0 Å². The van der Waals surface area contributed by atoms with Crippen LogP contribution in [0.25, 0.3) is 119 Å². The zero-order valence-corrected chi connectivity index (χ0v) is 34.2. The molecule has 0 unspecified atom stereocenters. The minimum absolute atomic E-state index is 0.103. The van der Waals surface area contributed by atoms with Crippen LogP contribution in [0.15, 0.2) is 194 Å². The largest absolute Gasteiger partial charge is 0.135 e. The molecule has 0 saturated heterocycles. The molecule has 0 N–H and O–H groups in total. The molecule has 13 rings (SSSR count). The predicted molar refractivity (Wildman–Crippen MR) is 261 cm³/mol. The lowest BCUT2D eigenvalue weighted by atomic mass is 9.79. The van der Waals surface area contributed by atoms with Crippen LogP contribution < -0.4 is 0 Å². The summed E-state index contributed by atoms with van der Waals surface area (Å²) in [6, 6.07) is 73.1. The van der Waals surface area contributed by atoms with Gasteiger partial charge in [-0.2, -0.15) is 0 Å². The van der Waals surface area contributed by atoms with E-state index in [1.807, 2.05) is 11.3 Å². The van der Waals surface area contributed by atoms with E-state index in [1.54, 1.807) is 0 Å². The van der Waals surface area contributed by atoms with Crippen LogP contribution in [0.2, 0.25) is 0 Å². The van der Waals surface area contributed by atoms with Gasteiger partial charge >= 0.3 is 0 Å². The van der Waals surface area contributed by atoms with Crippen LogP contribution in [-0.2, 0) is 5.41 Å². The Kier molecular flexibility index (Phi) is 7.04. The second kappa shape index (κ2) is 12.5. The predicted octanol–water partition coefficient (Wildman–Crippen LogP) is 17.1. The monoisotopic (exact) mass is 778 g/mol. The molecule has 0 saturated carbocycles. The smallest absolute Gasteiger partial charge is 0.0361 e. The highest BCUT2D eigenvalue weighted by Gasteiger charge is 2.37. The third kappa shape index (κ3) is 4.73. The van der Waals surface area contributed by atoms with E-state index < -0.39 is 0 Å². The molecule has 1 heterocycles. The van der Waals surface area contributed by atoms with Gasteiger partial charge in [0.15, 0.2) is 0 Å². The maximum atomic E-state index is 2.50. The normalized spacial score (nSPS) is 13.3. The molecule has 0 amide bonds. The second-order valence-electron chi connectivity index (χ2n) is 17.2. The zero-order chi connectivity index (χ0) is 39.7. The average molecular weight is 779 g/mol. The van der Waals surface area contributed by atoms with Gasteiger partial charge in [0, 0.05) is 25.6 Å². The average Bonchev–Trinajstić information content (AvgIpc) is 3.77. The highest BCUT2D eigenvalue weighted by molar-refractivity contribution is 7.25. The maximum Gasteiger partial charge on any atom is 0.0361 e. The summed E-state index contributed by atoms with van der Waals surface area (Å²) in [4.78, 5) is 0. The van der Waals surface area contributed by atoms with Gasteiger partial charge in [-0.3, -0.25) is 0 Å². The van der Waals surface area contributed by atoms with Crippen molar-refractivity contribution in [1.82, 2.24) is 0 Å². The lowest BCUT2D eigenvalue weighted by Gasteiger charge is -2.24. The Labute approximate surface area is 352 Å². The Balaban J connectivity index is 1.02. The SMILES string of the molecule is CC1(C)c2ccccc2-c2cc(-c3ccc4cc(-c5c6ccccc6c(-c6cccc7ccccc67)c6ccccc56)ccc4c3)c3cc4c(cc3c21)sc1ccccc14. The van der Waals surface area contributed by atoms with E-state index in [9.17, 15) is 0 Å². The van der Waals surface area contributed by atoms with Crippen molar-refractivity contribution in [2.24, 2.45) is 0 Å². The van der Waals surface area contributed by atoms with E-state index in [0.717, 1.165) is 0 Å². The van der Waals surface area contributed by atoms with Crippen molar-refractivity contribution in [3.8, 4) is 44.5 Å². The van der Waals surface area contributed by atoms with Crippen LogP contribution in [0, 0.1) is 0 Å². The van der Waals surface area contributed by atoms with Crippen molar-refractivity contribution in [3.05, 3.63) is 205 Å². The first-order valence-electron chi connectivity index (χ1n) is 21.0. The van der Waals surface area contributed by atoms with Gasteiger partial charge < -0.3 is 0 Å². The van der Waals surface area contributed by atoms with Crippen molar-refractivity contribution in [3.63, 3.8) is 0 Å². The summed E-state index contributed by atoms with van der Waals surface area (Å²) < 4.78 is 2.69. The van der Waals surface area contributed by atoms with Crippen LogP contribution in [0.3, 0.4) is 0 Å². The number of hydrogen-bond donors (Lipinski definition) is 0. The Morgan fingerprint density at radius 1 is 0.317 bits per heavy atom. The highest BCUT2D eigenvalue weighted by Crippen LogP contribution is 2.54. The standard InChI is InChI=1S/C59H38S/c1-59(2)53-24-11-9-17-41(53)51-32-48(49-33-50-42-18-10-12-25-54(42)60-55(50)34-52(49)58(51)59)38-28-26-37-31-39(29-27-36(37)30-38)56-44-19-5-7-21-46(44)57(47-22-8-6-20-45(47)56)43-23-13-15-35-14-3-4-16-40(35)43/h3-34H,1-2H3. The van der Waals surface area contributed by atoms with Gasteiger partial charge in [-0.25, -0.2) is 0 Å². The molecule has 0 fully saturated rings. The third-order valence-corrected chi connectivity index (χ3v) is 14.7. The van der Waals surface area contributed by atoms with E-state index in [4.69, 9.17) is 0 Å². The van der Waals surface area contributed by atoms with E-state index in [1.165, 1.54) is 130 Å². The minimum atomic E-state index is -0.103. The summed E-state index contributed by atoms with van der Waals surface area (Å²) in [5, 5.41) is 15.5. The van der Waals surface area contributed by atoms with E-state index in [0.29, 0.717) is 0 Å². The highest BCUT2D eigenvalue weighted by atomic mass is 32.1. The van der Waals surface area contributed by atoms with Crippen molar-refractivity contribution in [1.29, 1.82) is 0 Å². The molecule has 1 aromatic heterocycles. The fourth-order valence-corrected chi connectivity index (χ4v) is 12.0. The lowest BCUT2D eigenvalue weighted by Crippen LogP contribution is -2.15. The van der Waals surface area contributed by atoms with Crippen LogP contribution in [-0.4, -0.2) is 0 Å². The van der Waals surface area contributed by atoms with Gasteiger partial charge in [-0.05, 0) is 146 Å². The molecule has 60 heavy (non-hydrogen) atoms. The van der Waals surface area contributed by atoms with Gasteiger partial charge in [-0.1, -0.05) is 172 Å². The molecular weight excluding hydrogens is 741 g/mol. The molecule has 0 nitrogen and oxygen atoms in total. The lowest BCUT2D eigenvalue weighted by molar-refractivity contribution is 0.666. The molecule has 0 radical (unpaired) electrons. The summed E-state index contributed by atoms with van der Waals surface area (Å²) in [6.07, 6.45) is 0. The zero-order valence-electron chi connectivity index (χ0n) is 33.4. The molecular formula is C59H38S. The first kappa shape index (κ1) is 33.9. The van der Waals surface area contributed by atoms with Crippen molar-refractivity contribution in [2.45, 2.75) is 19.3 Å². The number of hydrogen-bond acceptors (Lipinski definition) is 1. The Hall–Kier alpha value is -7.06. The van der Waals surface area contributed by atoms with Crippen LogP contribution in [0.1, 0.15) is 25.0 Å². The summed E-state index contributed by atoms with van der Waals surface area (Å²) in [7, 11) is 0. The quantitative estimate of drug-likeness (QED) is 0.157. The van der Waals surface area contributed by atoms with E-state index >= 15 is 0 Å². The van der Waals surface area contributed by atoms with E-state index in [-0.39, 0.29) is 5.41 Å². The molecule has 0 atom stereocenters. The fraction of sp³-hybridized carbons (Fsp3) is 0.0508. The first-order chi connectivity index (χ1) is 29.5. The van der Waals surface area contributed by atoms with Crippen LogP contribution in [0.4, 0.5) is 0 Å². The van der Waals surface area contributed by atoms with Crippen LogP contribution in [0.5, 0.6) is 0 Å². The molecule has 1 heteroatoms. The molecule has 11 aromatic carbocycles. The molecule has 1 aliphatic rings. The summed E-state index contributed by atoms with van der Waals surface area (Å²) in [5.41, 5.74) is 13.1. The molecule has 0 bridgehead atoms. The molecule has 1 aliphatic carbocycles. The van der Waals surface area contributed by atoms with Crippen LogP contribution >= 0.6 is 11.3 Å². The number of rotatable bonds is 3. The molecule has 0 aliphatic heterocycles. The fourth-order valence-electron chi connectivity index (χ4n) is 10.9. The van der Waals surface area contributed by atoms with Gasteiger partial charge in [0.25, 0.3) is 0 Å². The van der Waals surface area contributed by atoms with Gasteiger partial charge in [0.05, 0.1) is 0 Å². The number of fused-ring (bicyclic) bond motifs is 12. The molecule has 280 valence electrons. The van der Waals surface area contributed by atoms with Gasteiger partial charge in [0.2, 0.25) is 0 Å². The second-order valence-corrected chi connectivity index (χ2v) is 18.2. The Morgan fingerprint density at radius 3 is 1.67 bits per heavy atom.